The summed E-state index contributed by atoms with van der Waals surface area (Å²) in [6, 6.07) is 3.63. The zero-order chi connectivity index (χ0) is 15.1. The Hall–Kier alpha value is -1.33. The van der Waals surface area contributed by atoms with Gasteiger partial charge in [-0.25, -0.2) is 4.79 Å². The molecule has 0 saturated carbocycles. The minimum atomic E-state index is -0.438. The molecular formula is C16H25NO4. The van der Waals surface area contributed by atoms with Crippen molar-refractivity contribution in [3.63, 3.8) is 0 Å². The smallest absolute Gasteiger partial charge is 0.373 e. The van der Waals surface area contributed by atoms with Crippen molar-refractivity contribution in [2.75, 3.05) is 20.3 Å². The molecule has 21 heavy (non-hydrogen) atoms. The largest absolute Gasteiger partial charge is 0.463 e. The van der Waals surface area contributed by atoms with Gasteiger partial charge in [0.05, 0.1) is 19.3 Å². The molecule has 2 unspecified atom stereocenters. The van der Waals surface area contributed by atoms with Crippen molar-refractivity contribution in [1.82, 2.24) is 5.32 Å². The molecular weight excluding hydrogens is 270 g/mol. The fourth-order valence-corrected chi connectivity index (χ4v) is 2.73. The van der Waals surface area contributed by atoms with E-state index in [0.29, 0.717) is 6.10 Å². The van der Waals surface area contributed by atoms with Crippen molar-refractivity contribution >= 4 is 5.97 Å². The first-order chi connectivity index (χ1) is 10.2. The maximum absolute atomic E-state index is 11.5. The SMILES string of the molecule is CCNC(CCC1CCCCO1)c1ccc(C(=O)OC)o1. The fourth-order valence-electron chi connectivity index (χ4n) is 2.73. The molecule has 1 saturated heterocycles. The Morgan fingerprint density at radius 1 is 1.48 bits per heavy atom. The molecule has 0 radical (unpaired) electrons. The maximum Gasteiger partial charge on any atom is 0.373 e. The van der Waals surface area contributed by atoms with Gasteiger partial charge in [0, 0.05) is 6.61 Å². The topological polar surface area (TPSA) is 60.7 Å². The van der Waals surface area contributed by atoms with Gasteiger partial charge in [0.25, 0.3) is 0 Å². The van der Waals surface area contributed by atoms with Gasteiger partial charge in [0.1, 0.15) is 5.76 Å². The normalized spacial score (nSPS) is 20.2. The summed E-state index contributed by atoms with van der Waals surface area (Å²) in [7, 11) is 1.35. The highest BCUT2D eigenvalue weighted by molar-refractivity contribution is 5.86. The van der Waals surface area contributed by atoms with Gasteiger partial charge in [-0.3, -0.25) is 0 Å². The van der Waals surface area contributed by atoms with Crippen LogP contribution in [0.1, 0.15) is 61.4 Å². The van der Waals surface area contributed by atoms with Gasteiger partial charge < -0.3 is 19.2 Å². The molecule has 0 aliphatic carbocycles. The predicted molar refractivity (Wildman–Crippen MR) is 79.3 cm³/mol. The molecule has 1 aromatic rings. The van der Waals surface area contributed by atoms with Crippen LogP contribution in [0.15, 0.2) is 16.5 Å². The van der Waals surface area contributed by atoms with E-state index in [-0.39, 0.29) is 11.8 Å². The maximum atomic E-state index is 11.5. The predicted octanol–water partition coefficient (Wildman–Crippen LogP) is 3.07. The minimum Gasteiger partial charge on any atom is -0.463 e. The number of hydrogen-bond donors (Lipinski definition) is 1. The second kappa shape index (κ2) is 8.20. The van der Waals surface area contributed by atoms with Crippen LogP contribution in [0.25, 0.3) is 0 Å². The zero-order valence-electron chi connectivity index (χ0n) is 12.9. The molecule has 1 aliphatic rings. The summed E-state index contributed by atoms with van der Waals surface area (Å²) < 4.78 is 16.1. The lowest BCUT2D eigenvalue weighted by molar-refractivity contribution is 0.00818. The lowest BCUT2D eigenvalue weighted by atomic mass is 10.0. The van der Waals surface area contributed by atoms with Crippen LogP contribution in [0.5, 0.6) is 0 Å². The average molecular weight is 295 g/mol. The van der Waals surface area contributed by atoms with E-state index in [2.05, 4.69) is 17.0 Å². The third-order valence-corrected chi connectivity index (χ3v) is 3.86. The number of ether oxygens (including phenoxy) is 2. The molecule has 0 amide bonds. The van der Waals surface area contributed by atoms with E-state index in [1.165, 1.54) is 20.0 Å². The van der Waals surface area contributed by atoms with Crippen molar-refractivity contribution in [2.24, 2.45) is 0 Å². The number of furan rings is 1. The zero-order valence-corrected chi connectivity index (χ0v) is 12.9. The summed E-state index contributed by atoms with van der Waals surface area (Å²) in [6.07, 6.45) is 5.87. The van der Waals surface area contributed by atoms with E-state index in [9.17, 15) is 4.79 Å². The third kappa shape index (κ3) is 4.58. The molecule has 0 aromatic carbocycles. The first kappa shape index (κ1) is 16.0. The highest BCUT2D eigenvalue weighted by Crippen LogP contribution is 2.25. The highest BCUT2D eigenvalue weighted by atomic mass is 16.5. The van der Waals surface area contributed by atoms with E-state index < -0.39 is 5.97 Å². The number of carbonyl (C=O) groups excluding carboxylic acids is 1. The van der Waals surface area contributed by atoms with E-state index in [1.54, 1.807) is 6.07 Å². The molecule has 2 heterocycles. The van der Waals surface area contributed by atoms with E-state index in [1.807, 2.05) is 6.07 Å². The molecule has 1 fully saturated rings. The molecule has 118 valence electrons. The summed E-state index contributed by atoms with van der Waals surface area (Å²) in [5.74, 6) is 0.601. The second-order valence-electron chi connectivity index (χ2n) is 5.37. The number of nitrogens with one attached hydrogen (secondary N) is 1. The summed E-state index contributed by atoms with van der Waals surface area (Å²) in [5.41, 5.74) is 0. The van der Waals surface area contributed by atoms with Gasteiger partial charge in [0.2, 0.25) is 5.76 Å². The molecule has 1 aromatic heterocycles. The fraction of sp³-hybridized carbons (Fsp3) is 0.688. The van der Waals surface area contributed by atoms with Crippen molar-refractivity contribution in [3.8, 4) is 0 Å². The second-order valence-corrected chi connectivity index (χ2v) is 5.37. The Labute approximate surface area is 126 Å². The lowest BCUT2D eigenvalue weighted by Crippen LogP contribution is -2.24. The monoisotopic (exact) mass is 295 g/mol. The molecule has 2 atom stereocenters. The van der Waals surface area contributed by atoms with Crippen LogP contribution in [0.4, 0.5) is 0 Å². The Morgan fingerprint density at radius 2 is 2.33 bits per heavy atom. The number of methoxy groups -OCH3 is 1. The molecule has 0 spiro atoms. The number of rotatable bonds is 7. The van der Waals surface area contributed by atoms with Crippen molar-refractivity contribution in [2.45, 2.75) is 51.2 Å². The van der Waals surface area contributed by atoms with Crippen molar-refractivity contribution < 1.29 is 18.7 Å². The van der Waals surface area contributed by atoms with Crippen LogP contribution in [0.2, 0.25) is 0 Å². The van der Waals surface area contributed by atoms with Gasteiger partial charge in [-0.15, -0.1) is 0 Å². The molecule has 1 aliphatic heterocycles. The highest BCUT2D eigenvalue weighted by Gasteiger charge is 2.21. The van der Waals surface area contributed by atoms with Gasteiger partial charge in [-0.2, -0.15) is 0 Å². The molecule has 5 nitrogen and oxygen atoms in total. The van der Waals surface area contributed by atoms with Gasteiger partial charge in [-0.05, 0) is 50.8 Å². The van der Waals surface area contributed by atoms with Crippen LogP contribution in [0, 0.1) is 0 Å². The summed E-state index contributed by atoms with van der Waals surface area (Å²) in [6.45, 7) is 3.79. The van der Waals surface area contributed by atoms with Gasteiger partial charge >= 0.3 is 5.97 Å². The molecule has 1 N–H and O–H groups in total. The third-order valence-electron chi connectivity index (χ3n) is 3.86. The van der Waals surface area contributed by atoms with Crippen LogP contribution < -0.4 is 5.32 Å². The number of hydrogen-bond acceptors (Lipinski definition) is 5. The van der Waals surface area contributed by atoms with Crippen molar-refractivity contribution in [3.05, 3.63) is 23.7 Å². The van der Waals surface area contributed by atoms with Crippen LogP contribution in [-0.2, 0) is 9.47 Å². The molecule has 2 rings (SSSR count). The Morgan fingerprint density at radius 3 is 3.00 bits per heavy atom. The van der Waals surface area contributed by atoms with E-state index in [0.717, 1.165) is 38.2 Å². The molecule has 5 heteroatoms. The Bertz CT molecular complexity index is 437. The van der Waals surface area contributed by atoms with Crippen LogP contribution in [0.3, 0.4) is 0 Å². The molecule has 0 bridgehead atoms. The first-order valence-electron chi connectivity index (χ1n) is 7.77. The van der Waals surface area contributed by atoms with Crippen molar-refractivity contribution in [1.29, 1.82) is 0 Å². The summed E-state index contributed by atoms with van der Waals surface area (Å²) >= 11 is 0. The van der Waals surface area contributed by atoms with Crippen LogP contribution in [-0.4, -0.2) is 32.3 Å². The van der Waals surface area contributed by atoms with E-state index in [4.69, 9.17) is 9.15 Å². The first-order valence-corrected chi connectivity index (χ1v) is 7.77. The average Bonchev–Trinajstić information content (AvgIpc) is 3.01. The standard InChI is InChI=1S/C16H25NO4/c1-3-17-13(8-7-12-6-4-5-11-20-12)14-9-10-15(21-14)16(18)19-2/h9-10,12-13,17H,3-8,11H2,1-2H3. The minimum absolute atomic E-state index is 0.110. The summed E-state index contributed by atoms with van der Waals surface area (Å²) in [4.78, 5) is 11.5. The number of carbonyl (C=O) groups is 1. The van der Waals surface area contributed by atoms with E-state index >= 15 is 0 Å². The summed E-state index contributed by atoms with van der Waals surface area (Å²) in [5, 5.41) is 3.41. The quantitative estimate of drug-likeness (QED) is 0.783. The van der Waals surface area contributed by atoms with Gasteiger partial charge in [0.15, 0.2) is 0 Å². The van der Waals surface area contributed by atoms with Crippen LogP contribution >= 0.6 is 0 Å². The lowest BCUT2D eigenvalue weighted by Gasteiger charge is -2.24. The number of esters is 1. The Balaban J connectivity index is 1.93. The Kier molecular flexibility index (Phi) is 6.26. The van der Waals surface area contributed by atoms with Gasteiger partial charge in [-0.1, -0.05) is 6.92 Å².